The number of hydrogen-bond donors (Lipinski definition) is 2. The highest BCUT2D eigenvalue weighted by atomic mass is 32.1. The first kappa shape index (κ1) is 14.0. The summed E-state index contributed by atoms with van der Waals surface area (Å²) in [5, 5.41) is 6.97. The number of nitrogens with zero attached hydrogens (tertiary/aromatic N) is 1. The van der Waals surface area contributed by atoms with Crippen molar-refractivity contribution in [1.29, 1.82) is 0 Å². The van der Waals surface area contributed by atoms with Gasteiger partial charge in [0.2, 0.25) is 0 Å². The van der Waals surface area contributed by atoms with Crippen molar-refractivity contribution < 1.29 is 0 Å². The molecule has 4 heteroatoms. The largest absolute Gasteiger partial charge is 0.330 e. The van der Waals surface area contributed by atoms with Gasteiger partial charge in [0.05, 0.1) is 5.01 Å². The quantitative estimate of drug-likeness (QED) is 0.778. The van der Waals surface area contributed by atoms with Gasteiger partial charge in [-0.3, -0.25) is 0 Å². The number of nitrogens with two attached hydrogens (primary N) is 1. The normalized spacial score (nSPS) is 24.3. The van der Waals surface area contributed by atoms with Gasteiger partial charge in [-0.2, -0.15) is 0 Å². The molecule has 0 unspecified atom stereocenters. The Hall–Kier alpha value is -0.450. The second-order valence-corrected chi connectivity index (χ2v) is 6.40. The molecule has 0 spiro atoms. The molecule has 1 aliphatic rings. The number of nitrogens with one attached hydrogen (secondary N) is 1. The SMILES string of the molecule is Cc1csc(CCNCC2CCC(CN)CC2)n1. The van der Waals surface area contributed by atoms with Crippen molar-refractivity contribution in [2.75, 3.05) is 19.6 Å². The molecule has 1 fully saturated rings. The maximum Gasteiger partial charge on any atom is 0.0940 e. The molecule has 0 aliphatic heterocycles. The average Bonchev–Trinajstić information content (AvgIpc) is 2.81. The van der Waals surface area contributed by atoms with Gasteiger partial charge in [0.15, 0.2) is 0 Å². The van der Waals surface area contributed by atoms with Gasteiger partial charge in [-0.15, -0.1) is 11.3 Å². The van der Waals surface area contributed by atoms with E-state index in [2.05, 4.69) is 22.6 Å². The van der Waals surface area contributed by atoms with E-state index in [4.69, 9.17) is 5.73 Å². The summed E-state index contributed by atoms with van der Waals surface area (Å²) in [6, 6.07) is 0. The van der Waals surface area contributed by atoms with E-state index in [1.165, 1.54) is 37.2 Å². The van der Waals surface area contributed by atoms with Gasteiger partial charge < -0.3 is 11.1 Å². The predicted molar refractivity (Wildman–Crippen MR) is 77.9 cm³/mol. The summed E-state index contributed by atoms with van der Waals surface area (Å²) in [4.78, 5) is 4.48. The fraction of sp³-hybridized carbons (Fsp3) is 0.786. The number of rotatable bonds is 6. The zero-order valence-corrected chi connectivity index (χ0v) is 12.1. The van der Waals surface area contributed by atoms with E-state index >= 15 is 0 Å². The third kappa shape index (κ3) is 4.34. The third-order valence-electron chi connectivity index (χ3n) is 3.91. The van der Waals surface area contributed by atoms with Crippen LogP contribution in [0.4, 0.5) is 0 Å². The smallest absolute Gasteiger partial charge is 0.0940 e. The van der Waals surface area contributed by atoms with Gasteiger partial charge in [0.1, 0.15) is 0 Å². The lowest BCUT2D eigenvalue weighted by Gasteiger charge is -2.27. The van der Waals surface area contributed by atoms with E-state index in [0.29, 0.717) is 0 Å². The van der Waals surface area contributed by atoms with E-state index in [1.54, 1.807) is 11.3 Å². The molecule has 102 valence electrons. The number of hydrogen-bond acceptors (Lipinski definition) is 4. The van der Waals surface area contributed by atoms with Crippen LogP contribution in [0.1, 0.15) is 36.4 Å². The Kier molecular flexibility index (Phi) is 5.60. The van der Waals surface area contributed by atoms with Crippen molar-refractivity contribution in [3.63, 3.8) is 0 Å². The van der Waals surface area contributed by atoms with Crippen molar-refractivity contribution in [2.45, 2.75) is 39.0 Å². The molecule has 0 saturated heterocycles. The second kappa shape index (κ2) is 7.22. The predicted octanol–water partition coefficient (Wildman–Crippen LogP) is 2.35. The first-order valence-electron chi connectivity index (χ1n) is 7.09. The van der Waals surface area contributed by atoms with Crippen LogP contribution in [-0.4, -0.2) is 24.6 Å². The van der Waals surface area contributed by atoms with E-state index < -0.39 is 0 Å². The lowest BCUT2D eigenvalue weighted by Crippen LogP contribution is -2.29. The van der Waals surface area contributed by atoms with E-state index in [9.17, 15) is 0 Å². The van der Waals surface area contributed by atoms with Gasteiger partial charge in [-0.05, 0) is 57.5 Å². The van der Waals surface area contributed by atoms with Gasteiger partial charge in [-0.1, -0.05) is 0 Å². The van der Waals surface area contributed by atoms with Crippen LogP contribution in [0.2, 0.25) is 0 Å². The summed E-state index contributed by atoms with van der Waals surface area (Å²) in [6.07, 6.45) is 6.43. The van der Waals surface area contributed by atoms with E-state index in [0.717, 1.165) is 37.0 Å². The minimum atomic E-state index is 0.791. The molecule has 2 rings (SSSR count). The Balaban J connectivity index is 1.56. The maximum absolute atomic E-state index is 5.72. The van der Waals surface area contributed by atoms with Crippen LogP contribution in [0.15, 0.2) is 5.38 Å². The Labute approximate surface area is 114 Å². The molecule has 3 nitrogen and oxygen atoms in total. The Bertz CT molecular complexity index is 343. The van der Waals surface area contributed by atoms with Gasteiger partial charge in [0, 0.05) is 24.0 Å². The third-order valence-corrected chi connectivity index (χ3v) is 4.94. The monoisotopic (exact) mass is 267 g/mol. The first-order chi connectivity index (χ1) is 8.78. The topological polar surface area (TPSA) is 50.9 Å². The summed E-state index contributed by atoms with van der Waals surface area (Å²) in [5.74, 6) is 1.66. The van der Waals surface area contributed by atoms with Crippen LogP contribution in [0.3, 0.4) is 0 Å². The molecule has 0 radical (unpaired) electrons. The fourth-order valence-electron chi connectivity index (χ4n) is 2.69. The summed E-state index contributed by atoms with van der Waals surface area (Å²) >= 11 is 1.77. The fourth-order valence-corrected chi connectivity index (χ4v) is 3.47. The molecule has 1 aromatic rings. The van der Waals surface area contributed by atoms with Crippen LogP contribution < -0.4 is 11.1 Å². The highest BCUT2D eigenvalue weighted by Gasteiger charge is 2.19. The van der Waals surface area contributed by atoms with Crippen molar-refractivity contribution in [3.8, 4) is 0 Å². The molecule has 1 aromatic heterocycles. The molecule has 0 bridgehead atoms. The van der Waals surface area contributed by atoms with Crippen molar-refractivity contribution >= 4 is 11.3 Å². The molecular formula is C14H25N3S. The van der Waals surface area contributed by atoms with Crippen molar-refractivity contribution in [2.24, 2.45) is 17.6 Å². The summed E-state index contributed by atoms with van der Waals surface area (Å²) in [5.41, 5.74) is 6.86. The lowest BCUT2D eigenvalue weighted by atomic mass is 9.82. The molecule has 3 N–H and O–H groups in total. The first-order valence-corrected chi connectivity index (χ1v) is 7.97. The van der Waals surface area contributed by atoms with Crippen LogP contribution in [0.25, 0.3) is 0 Å². The summed E-state index contributed by atoms with van der Waals surface area (Å²) in [7, 11) is 0. The van der Waals surface area contributed by atoms with E-state index in [1.807, 2.05) is 0 Å². The Morgan fingerprint density at radius 3 is 2.67 bits per heavy atom. The van der Waals surface area contributed by atoms with Gasteiger partial charge >= 0.3 is 0 Å². The van der Waals surface area contributed by atoms with Gasteiger partial charge in [0.25, 0.3) is 0 Å². The van der Waals surface area contributed by atoms with Crippen LogP contribution in [0, 0.1) is 18.8 Å². The molecule has 0 atom stereocenters. The van der Waals surface area contributed by atoms with Crippen LogP contribution in [-0.2, 0) is 6.42 Å². The van der Waals surface area contributed by atoms with Crippen molar-refractivity contribution in [3.05, 3.63) is 16.1 Å². The second-order valence-electron chi connectivity index (χ2n) is 5.46. The molecular weight excluding hydrogens is 242 g/mol. The zero-order valence-electron chi connectivity index (χ0n) is 11.3. The number of aryl methyl sites for hydroxylation is 1. The standard InChI is InChI=1S/C14H25N3S/c1-11-10-18-14(17-11)6-7-16-9-13-4-2-12(8-15)3-5-13/h10,12-13,16H,2-9,15H2,1H3. The Morgan fingerprint density at radius 2 is 2.06 bits per heavy atom. The number of aromatic nitrogens is 1. The van der Waals surface area contributed by atoms with Crippen LogP contribution in [0.5, 0.6) is 0 Å². The zero-order chi connectivity index (χ0) is 12.8. The lowest BCUT2D eigenvalue weighted by molar-refractivity contribution is 0.273. The highest BCUT2D eigenvalue weighted by molar-refractivity contribution is 7.09. The van der Waals surface area contributed by atoms with Crippen LogP contribution >= 0.6 is 11.3 Å². The minimum Gasteiger partial charge on any atom is -0.330 e. The average molecular weight is 267 g/mol. The van der Waals surface area contributed by atoms with Gasteiger partial charge in [-0.25, -0.2) is 4.98 Å². The number of thiazole rings is 1. The highest BCUT2D eigenvalue weighted by Crippen LogP contribution is 2.27. The molecule has 18 heavy (non-hydrogen) atoms. The summed E-state index contributed by atoms with van der Waals surface area (Å²) in [6.45, 7) is 5.16. The Morgan fingerprint density at radius 1 is 1.33 bits per heavy atom. The molecule has 1 saturated carbocycles. The maximum atomic E-state index is 5.72. The molecule has 1 aliphatic carbocycles. The van der Waals surface area contributed by atoms with Crippen molar-refractivity contribution in [1.82, 2.24) is 10.3 Å². The minimum absolute atomic E-state index is 0.791. The molecule has 0 amide bonds. The molecule has 1 heterocycles. The molecule has 0 aromatic carbocycles. The van der Waals surface area contributed by atoms with E-state index in [-0.39, 0.29) is 0 Å². The summed E-state index contributed by atoms with van der Waals surface area (Å²) < 4.78 is 0.